The molecule has 0 saturated heterocycles. The number of rotatable bonds is 5. The Kier molecular flexibility index (Phi) is 3.90. The van der Waals surface area contributed by atoms with Crippen LogP contribution in [0.15, 0.2) is 18.2 Å². The summed E-state index contributed by atoms with van der Waals surface area (Å²) in [6, 6.07) is 4.41. The van der Waals surface area contributed by atoms with E-state index in [2.05, 4.69) is 0 Å². The number of aliphatic hydroxyl groups is 1. The van der Waals surface area contributed by atoms with Gasteiger partial charge in [0.25, 0.3) is 0 Å². The van der Waals surface area contributed by atoms with Crippen LogP contribution in [0.1, 0.15) is 25.7 Å². The van der Waals surface area contributed by atoms with Crippen molar-refractivity contribution < 1.29 is 19.5 Å². The first-order chi connectivity index (χ1) is 9.04. The minimum absolute atomic E-state index is 0.140. The maximum atomic E-state index is 10.9. The molecule has 0 radical (unpaired) electrons. The van der Waals surface area contributed by atoms with Crippen molar-refractivity contribution in [1.82, 2.24) is 0 Å². The number of nitro benzene ring substituents is 1. The van der Waals surface area contributed by atoms with Crippen molar-refractivity contribution in [2.75, 3.05) is 13.7 Å². The zero-order chi connectivity index (χ0) is 13.9. The number of hydrogen-bond acceptors (Lipinski definition) is 5. The highest BCUT2D eigenvalue weighted by atomic mass is 16.6. The standard InChI is InChI=1S/C13H17NO5/c1-18-12-5-4-10(8-11(12)14(16)17)19-9-13(15)6-2-3-7-13/h4-5,8,15H,2-3,6-7,9H2,1H3. The highest BCUT2D eigenvalue weighted by molar-refractivity contribution is 5.50. The Morgan fingerprint density at radius 1 is 1.42 bits per heavy atom. The Morgan fingerprint density at radius 3 is 2.68 bits per heavy atom. The van der Waals surface area contributed by atoms with E-state index in [1.165, 1.54) is 19.2 Å². The molecule has 0 amide bonds. The second-order valence-electron chi connectivity index (χ2n) is 4.81. The lowest BCUT2D eigenvalue weighted by Gasteiger charge is -2.22. The van der Waals surface area contributed by atoms with Gasteiger partial charge in [0.05, 0.1) is 23.7 Å². The summed E-state index contributed by atoms with van der Waals surface area (Å²) in [7, 11) is 1.38. The predicted molar refractivity (Wildman–Crippen MR) is 68.6 cm³/mol. The van der Waals surface area contributed by atoms with Crippen molar-refractivity contribution in [2.45, 2.75) is 31.3 Å². The lowest BCUT2D eigenvalue weighted by molar-refractivity contribution is -0.385. The van der Waals surface area contributed by atoms with Crippen LogP contribution in [-0.2, 0) is 0 Å². The predicted octanol–water partition coefficient (Wildman–Crippen LogP) is 2.29. The van der Waals surface area contributed by atoms with Gasteiger partial charge in [-0.2, -0.15) is 0 Å². The molecule has 1 aliphatic rings. The maximum Gasteiger partial charge on any atom is 0.314 e. The highest BCUT2D eigenvalue weighted by Crippen LogP contribution is 2.33. The van der Waals surface area contributed by atoms with E-state index in [-0.39, 0.29) is 18.0 Å². The van der Waals surface area contributed by atoms with Crippen LogP contribution in [0.4, 0.5) is 5.69 Å². The normalized spacial score (nSPS) is 17.2. The Hall–Kier alpha value is -1.82. The molecule has 0 aliphatic heterocycles. The first kappa shape index (κ1) is 13.6. The van der Waals surface area contributed by atoms with Crippen molar-refractivity contribution >= 4 is 5.69 Å². The first-order valence-electron chi connectivity index (χ1n) is 6.22. The van der Waals surface area contributed by atoms with Crippen molar-refractivity contribution in [3.05, 3.63) is 28.3 Å². The van der Waals surface area contributed by atoms with Gasteiger partial charge < -0.3 is 14.6 Å². The third kappa shape index (κ3) is 3.14. The molecule has 0 unspecified atom stereocenters. The molecule has 1 saturated carbocycles. The van der Waals surface area contributed by atoms with Crippen molar-refractivity contribution in [1.29, 1.82) is 0 Å². The molecule has 1 aromatic carbocycles. The lowest BCUT2D eigenvalue weighted by Crippen LogP contribution is -2.32. The summed E-state index contributed by atoms with van der Waals surface area (Å²) in [5.41, 5.74) is -0.937. The summed E-state index contributed by atoms with van der Waals surface area (Å²) >= 11 is 0. The number of ether oxygens (including phenoxy) is 2. The first-order valence-corrected chi connectivity index (χ1v) is 6.22. The van der Waals surface area contributed by atoms with Crippen LogP contribution in [0.5, 0.6) is 11.5 Å². The van der Waals surface area contributed by atoms with Crippen LogP contribution in [0.25, 0.3) is 0 Å². The fourth-order valence-corrected chi connectivity index (χ4v) is 2.30. The SMILES string of the molecule is COc1ccc(OCC2(O)CCCC2)cc1[N+](=O)[O-]. The van der Waals surface area contributed by atoms with E-state index >= 15 is 0 Å². The molecule has 1 aliphatic carbocycles. The summed E-state index contributed by atoms with van der Waals surface area (Å²) in [5.74, 6) is 0.560. The van der Waals surface area contributed by atoms with Gasteiger partial charge in [-0.25, -0.2) is 0 Å². The minimum atomic E-state index is -0.797. The van der Waals surface area contributed by atoms with Crippen molar-refractivity contribution in [3.8, 4) is 11.5 Å². The van der Waals surface area contributed by atoms with E-state index in [9.17, 15) is 15.2 Å². The molecule has 1 aromatic rings. The Labute approximate surface area is 111 Å². The molecular weight excluding hydrogens is 250 g/mol. The van der Waals surface area contributed by atoms with Gasteiger partial charge in [0.15, 0.2) is 5.75 Å². The number of nitro groups is 1. The fourth-order valence-electron chi connectivity index (χ4n) is 2.30. The Balaban J connectivity index is 2.08. The third-order valence-corrected chi connectivity index (χ3v) is 3.39. The van der Waals surface area contributed by atoms with Gasteiger partial charge in [0.1, 0.15) is 12.4 Å². The molecule has 6 nitrogen and oxygen atoms in total. The van der Waals surface area contributed by atoms with Gasteiger partial charge in [-0.1, -0.05) is 12.8 Å². The van der Waals surface area contributed by atoms with Gasteiger partial charge in [-0.15, -0.1) is 0 Å². The summed E-state index contributed by atoms with van der Waals surface area (Å²) in [6.07, 6.45) is 3.40. The maximum absolute atomic E-state index is 10.9. The molecule has 0 aromatic heterocycles. The number of benzene rings is 1. The molecule has 0 atom stereocenters. The molecule has 0 heterocycles. The van der Waals surface area contributed by atoms with Gasteiger partial charge in [0, 0.05) is 0 Å². The molecule has 6 heteroatoms. The van der Waals surface area contributed by atoms with Gasteiger partial charge in [-0.3, -0.25) is 10.1 Å². The van der Waals surface area contributed by atoms with E-state index in [4.69, 9.17) is 9.47 Å². The van der Waals surface area contributed by atoms with E-state index in [1.807, 2.05) is 0 Å². The largest absolute Gasteiger partial charge is 0.490 e. The van der Waals surface area contributed by atoms with Crippen molar-refractivity contribution in [3.63, 3.8) is 0 Å². The minimum Gasteiger partial charge on any atom is -0.490 e. The smallest absolute Gasteiger partial charge is 0.314 e. The van der Waals surface area contributed by atoms with Crippen LogP contribution in [0.2, 0.25) is 0 Å². The molecular formula is C13H17NO5. The molecule has 0 bridgehead atoms. The number of methoxy groups -OCH3 is 1. The van der Waals surface area contributed by atoms with Gasteiger partial charge in [0.2, 0.25) is 0 Å². The Morgan fingerprint density at radius 2 is 2.11 bits per heavy atom. The second-order valence-corrected chi connectivity index (χ2v) is 4.81. The molecule has 104 valence electrons. The fraction of sp³-hybridized carbons (Fsp3) is 0.538. The average Bonchev–Trinajstić information content (AvgIpc) is 2.83. The monoisotopic (exact) mass is 267 g/mol. The molecule has 19 heavy (non-hydrogen) atoms. The summed E-state index contributed by atoms with van der Waals surface area (Å²) < 4.78 is 10.4. The zero-order valence-electron chi connectivity index (χ0n) is 10.8. The summed E-state index contributed by atoms with van der Waals surface area (Å²) in [4.78, 5) is 10.4. The summed E-state index contributed by atoms with van der Waals surface area (Å²) in [5, 5.41) is 21.0. The van der Waals surface area contributed by atoms with Crippen molar-refractivity contribution in [2.24, 2.45) is 0 Å². The third-order valence-electron chi connectivity index (χ3n) is 3.39. The van der Waals surface area contributed by atoms with Crippen LogP contribution >= 0.6 is 0 Å². The molecule has 0 spiro atoms. The molecule has 1 N–H and O–H groups in total. The van der Waals surface area contributed by atoms with Gasteiger partial charge in [-0.05, 0) is 25.0 Å². The molecule has 1 fully saturated rings. The quantitative estimate of drug-likeness (QED) is 0.653. The highest BCUT2D eigenvalue weighted by Gasteiger charge is 2.32. The van der Waals surface area contributed by atoms with Crippen LogP contribution in [0.3, 0.4) is 0 Å². The second kappa shape index (κ2) is 5.44. The summed E-state index contributed by atoms with van der Waals surface area (Å²) in [6.45, 7) is 0.163. The molecule has 2 rings (SSSR count). The number of nitrogens with zero attached hydrogens (tertiary/aromatic N) is 1. The van der Waals surface area contributed by atoms with Crippen LogP contribution in [-0.4, -0.2) is 29.3 Å². The van der Waals surface area contributed by atoms with Crippen LogP contribution < -0.4 is 9.47 Å². The zero-order valence-corrected chi connectivity index (χ0v) is 10.8. The van der Waals surface area contributed by atoms with Gasteiger partial charge >= 0.3 is 5.69 Å². The van der Waals surface area contributed by atoms with E-state index in [1.54, 1.807) is 6.07 Å². The number of hydrogen-bond donors (Lipinski definition) is 1. The van der Waals surface area contributed by atoms with E-state index in [0.717, 1.165) is 12.8 Å². The van der Waals surface area contributed by atoms with Crippen LogP contribution in [0, 0.1) is 10.1 Å². The lowest BCUT2D eigenvalue weighted by atomic mass is 10.0. The Bertz CT molecular complexity index is 468. The van der Waals surface area contributed by atoms with E-state index in [0.29, 0.717) is 18.6 Å². The topological polar surface area (TPSA) is 81.8 Å². The van der Waals surface area contributed by atoms with E-state index < -0.39 is 10.5 Å². The average molecular weight is 267 g/mol.